The Balaban J connectivity index is 1.32. The van der Waals surface area contributed by atoms with Gasteiger partial charge in [0.15, 0.2) is 5.71 Å². The van der Waals surface area contributed by atoms with Gasteiger partial charge in [-0.25, -0.2) is 4.79 Å². The number of rotatable bonds is 5. The maximum absolute atomic E-state index is 12.0. The highest BCUT2D eigenvalue weighted by Gasteiger charge is 2.42. The average Bonchev–Trinajstić information content (AvgIpc) is 3.36. The SMILES string of the molecule is CN1/C(=C/C=C2\CCCC(/C=C/C3=[N+](C)c4ccccc4C3(C)C)=C2Oc2ccc3ccc(=O)oc3c2)C(C)(C)c2ccccc21. The Labute approximate surface area is 271 Å². The van der Waals surface area contributed by atoms with Crippen molar-refractivity contribution >= 4 is 28.1 Å². The van der Waals surface area contributed by atoms with Gasteiger partial charge in [-0.1, -0.05) is 56.3 Å². The van der Waals surface area contributed by atoms with Gasteiger partial charge in [-0.15, -0.1) is 0 Å². The molecule has 4 aromatic rings. The van der Waals surface area contributed by atoms with Gasteiger partial charge in [-0.05, 0) is 86.2 Å². The normalized spacial score (nSPS) is 20.3. The monoisotopic (exact) mass is 609 g/mol. The lowest BCUT2D eigenvalue weighted by Gasteiger charge is -2.25. The Hall–Kier alpha value is -4.90. The molecule has 0 amide bonds. The highest BCUT2D eigenvalue weighted by atomic mass is 16.5. The molecule has 0 atom stereocenters. The fourth-order valence-corrected chi connectivity index (χ4v) is 7.54. The van der Waals surface area contributed by atoms with E-state index < -0.39 is 0 Å². The Morgan fingerprint density at radius 3 is 2.37 bits per heavy atom. The summed E-state index contributed by atoms with van der Waals surface area (Å²) < 4.78 is 14.6. The van der Waals surface area contributed by atoms with Crippen molar-refractivity contribution in [1.29, 1.82) is 0 Å². The van der Waals surface area contributed by atoms with Crippen molar-refractivity contribution in [3.8, 4) is 5.75 Å². The second-order valence-electron chi connectivity index (χ2n) is 13.6. The van der Waals surface area contributed by atoms with Crippen LogP contribution in [0.25, 0.3) is 11.0 Å². The molecule has 7 rings (SSSR count). The lowest BCUT2D eigenvalue weighted by atomic mass is 9.81. The van der Waals surface area contributed by atoms with E-state index in [2.05, 4.69) is 124 Å². The molecule has 3 heterocycles. The molecule has 0 spiro atoms. The number of fused-ring (bicyclic) bond motifs is 3. The predicted octanol–water partition coefficient (Wildman–Crippen LogP) is 9.11. The van der Waals surface area contributed by atoms with Crippen LogP contribution < -0.4 is 15.3 Å². The molecule has 1 aliphatic carbocycles. The Morgan fingerprint density at radius 1 is 0.848 bits per heavy atom. The summed E-state index contributed by atoms with van der Waals surface area (Å²) in [4.78, 5) is 14.3. The average molecular weight is 610 g/mol. The third kappa shape index (κ3) is 4.95. The molecule has 0 radical (unpaired) electrons. The summed E-state index contributed by atoms with van der Waals surface area (Å²) in [6, 6.07) is 26.2. The smallest absolute Gasteiger partial charge is 0.336 e. The highest BCUT2D eigenvalue weighted by molar-refractivity contribution is 6.03. The van der Waals surface area contributed by atoms with Crippen LogP contribution in [0.1, 0.15) is 58.1 Å². The van der Waals surface area contributed by atoms with Gasteiger partial charge in [0.05, 0.1) is 5.41 Å². The molecule has 3 aliphatic rings. The quantitative estimate of drug-likeness (QED) is 0.167. The van der Waals surface area contributed by atoms with Crippen LogP contribution >= 0.6 is 0 Å². The molecule has 0 fully saturated rings. The van der Waals surface area contributed by atoms with Crippen LogP contribution in [0, 0.1) is 0 Å². The van der Waals surface area contributed by atoms with Crippen LogP contribution in [0.2, 0.25) is 0 Å². The molecule has 2 aliphatic heterocycles. The summed E-state index contributed by atoms with van der Waals surface area (Å²) in [5.41, 5.74) is 9.86. The minimum Gasteiger partial charge on any atom is -0.457 e. The number of nitrogens with zero attached hydrogens (tertiary/aromatic N) is 2. The molecule has 0 saturated carbocycles. The first-order chi connectivity index (χ1) is 22.1. The van der Waals surface area contributed by atoms with Gasteiger partial charge < -0.3 is 14.1 Å². The van der Waals surface area contributed by atoms with Crippen molar-refractivity contribution in [3.05, 3.63) is 147 Å². The Morgan fingerprint density at radius 2 is 1.59 bits per heavy atom. The summed E-state index contributed by atoms with van der Waals surface area (Å²) in [5.74, 6) is 1.51. The van der Waals surface area contributed by atoms with Gasteiger partial charge in [0.1, 0.15) is 24.1 Å². The molecular formula is C41H41N2O3+. The number of anilines is 1. The molecule has 3 aromatic carbocycles. The number of para-hydroxylation sites is 2. The molecule has 0 bridgehead atoms. The van der Waals surface area contributed by atoms with Gasteiger partial charge in [0, 0.05) is 59.1 Å². The van der Waals surface area contributed by atoms with Gasteiger partial charge in [0.25, 0.3) is 0 Å². The second kappa shape index (κ2) is 11.2. The van der Waals surface area contributed by atoms with E-state index in [0.717, 1.165) is 41.6 Å². The van der Waals surface area contributed by atoms with E-state index in [1.54, 1.807) is 6.07 Å². The maximum Gasteiger partial charge on any atom is 0.336 e. The topological polar surface area (TPSA) is 45.7 Å². The van der Waals surface area contributed by atoms with E-state index in [1.165, 1.54) is 40.0 Å². The highest BCUT2D eigenvalue weighted by Crippen LogP contribution is 2.47. The number of allylic oxidation sites excluding steroid dienone is 7. The number of ether oxygens (including phenoxy) is 1. The lowest BCUT2D eigenvalue weighted by molar-refractivity contribution is -0.401. The fourth-order valence-electron chi connectivity index (χ4n) is 7.54. The van der Waals surface area contributed by atoms with Crippen LogP contribution in [0.3, 0.4) is 0 Å². The molecule has 0 unspecified atom stereocenters. The van der Waals surface area contributed by atoms with E-state index >= 15 is 0 Å². The fraction of sp³-hybridized carbons (Fsp3) is 0.268. The summed E-state index contributed by atoms with van der Waals surface area (Å²) in [6.07, 6.45) is 11.9. The molecule has 5 nitrogen and oxygen atoms in total. The standard InChI is InChI=1S/C41H41N2O3/c1-40(2)31-14-7-9-16-33(31)42(5)36(40)23-19-28-12-11-13-29(20-24-37-41(3,4)32-15-8-10-17-34(32)43(37)6)39(28)45-30-22-18-27-21-25-38(44)46-35(27)26-30/h7-10,14-26H,11-13H2,1-6H3/q+1. The van der Waals surface area contributed by atoms with Crippen molar-refractivity contribution < 1.29 is 13.7 Å². The first-order valence-electron chi connectivity index (χ1n) is 16.1. The first-order valence-corrected chi connectivity index (χ1v) is 16.1. The molecule has 46 heavy (non-hydrogen) atoms. The van der Waals surface area contributed by atoms with Crippen LogP contribution in [0.15, 0.2) is 135 Å². The number of hydrogen-bond donors (Lipinski definition) is 0. The van der Waals surface area contributed by atoms with Crippen LogP contribution in [0.4, 0.5) is 11.4 Å². The zero-order valence-corrected chi connectivity index (χ0v) is 27.6. The van der Waals surface area contributed by atoms with Crippen molar-refractivity contribution in [2.24, 2.45) is 0 Å². The molecule has 232 valence electrons. The van der Waals surface area contributed by atoms with E-state index in [0.29, 0.717) is 11.3 Å². The maximum atomic E-state index is 12.0. The molecule has 0 saturated heterocycles. The van der Waals surface area contributed by atoms with E-state index in [-0.39, 0.29) is 16.5 Å². The summed E-state index contributed by atoms with van der Waals surface area (Å²) in [6.45, 7) is 9.17. The Bertz CT molecular complexity index is 2100. The van der Waals surface area contributed by atoms with E-state index in [1.807, 2.05) is 18.2 Å². The molecular weight excluding hydrogens is 568 g/mol. The first kappa shape index (κ1) is 29.8. The third-order valence-corrected chi connectivity index (χ3v) is 10.1. The minimum atomic E-state index is -0.372. The van der Waals surface area contributed by atoms with Gasteiger partial charge in [0.2, 0.25) is 5.69 Å². The Kier molecular flexibility index (Phi) is 7.23. The van der Waals surface area contributed by atoms with Gasteiger partial charge in [-0.2, -0.15) is 4.58 Å². The summed E-state index contributed by atoms with van der Waals surface area (Å²) in [5, 5.41) is 0.860. The number of likely N-dealkylation sites (N-methyl/N-ethyl adjacent to an activating group) is 1. The molecule has 5 heteroatoms. The second-order valence-corrected chi connectivity index (χ2v) is 13.6. The lowest BCUT2D eigenvalue weighted by Crippen LogP contribution is -2.26. The van der Waals surface area contributed by atoms with E-state index in [4.69, 9.17) is 9.15 Å². The molecule has 1 aromatic heterocycles. The zero-order valence-electron chi connectivity index (χ0n) is 27.6. The number of hydrogen-bond acceptors (Lipinski definition) is 4. The molecule has 0 N–H and O–H groups in total. The van der Waals surface area contributed by atoms with Gasteiger partial charge >= 0.3 is 5.63 Å². The van der Waals surface area contributed by atoms with Crippen LogP contribution in [0.5, 0.6) is 5.75 Å². The summed E-state index contributed by atoms with van der Waals surface area (Å²) >= 11 is 0. The van der Waals surface area contributed by atoms with E-state index in [9.17, 15) is 4.79 Å². The van der Waals surface area contributed by atoms with Gasteiger partial charge in [-0.3, -0.25) is 0 Å². The van der Waals surface area contributed by atoms with Crippen LogP contribution in [-0.4, -0.2) is 24.4 Å². The third-order valence-electron chi connectivity index (χ3n) is 10.1. The predicted molar refractivity (Wildman–Crippen MR) is 187 cm³/mol. The van der Waals surface area contributed by atoms with Crippen molar-refractivity contribution in [1.82, 2.24) is 0 Å². The van der Waals surface area contributed by atoms with Crippen LogP contribution in [-0.2, 0) is 10.8 Å². The van der Waals surface area contributed by atoms with Crippen molar-refractivity contribution in [2.45, 2.75) is 57.8 Å². The van der Waals surface area contributed by atoms with Crippen molar-refractivity contribution in [2.75, 3.05) is 19.0 Å². The summed E-state index contributed by atoms with van der Waals surface area (Å²) in [7, 11) is 4.30. The largest absolute Gasteiger partial charge is 0.457 e. The minimum absolute atomic E-state index is 0.120. The number of benzene rings is 3. The van der Waals surface area contributed by atoms with Crippen molar-refractivity contribution in [3.63, 3.8) is 0 Å². The zero-order chi connectivity index (χ0) is 32.2.